The van der Waals surface area contributed by atoms with Gasteiger partial charge >= 0.3 is 0 Å². The van der Waals surface area contributed by atoms with Crippen LogP contribution in [0.1, 0.15) is 25.0 Å². The highest BCUT2D eigenvalue weighted by Gasteiger charge is 2.21. The van der Waals surface area contributed by atoms with Crippen LogP contribution in [0, 0.1) is 0 Å². The zero-order valence-corrected chi connectivity index (χ0v) is 13.0. The molecule has 118 valence electrons. The van der Waals surface area contributed by atoms with Gasteiger partial charge in [0.15, 0.2) is 0 Å². The first-order valence-electron chi connectivity index (χ1n) is 7.60. The highest BCUT2D eigenvalue weighted by Crippen LogP contribution is 2.34. The molecular formula is C16H26N2O3. The molecular weight excluding hydrogens is 268 g/mol. The summed E-state index contributed by atoms with van der Waals surface area (Å²) in [5.41, 5.74) is 1.91. The van der Waals surface area contributed by atoms with Crippen LogP contribution in [0.4, 0.5) is 5.69 Å². The minimum Gasteiger partial charge on any atom is -0.496 e. The molecule has 1 aromatic rings. The predicted octanol–water partition coefficient (Wildman–Crippen LogP) is 1.25. The summed E-state index contributed by atoms with van der Waals surface area (Å²) in [5.74, 6) is 0.735. The molecule has 1 saturated heterocycles. The lowest BCUT2D eigenvalue weighted by Crippen LogP contribution is -2.32. The van der Waals surface area contributed by atoms with Crippen molar-refractivity contribution in [2.45, 2.75) is 19.4 Å². The number of hydrogen-bond donors (Lipinski definition) is 2. The lowest BCUT2D eigenvalue weighted by atomic mass is 10.1. The normalized spacial score (nSPS) is 18.4. The third kappa shape index (κ3) is 3.87. The number of rotatable bonds is 5. The number of anilines is 1. The molecule has 1 fully saturated rings. The summed E-state index contributed by atoms with van der Waals surface area (Å²) >= 11 is 0. The van der Waals surface area contributed by atoms with Crippen molar-refractivity contribution in [1.82, 2.24) is 4.90 Å². The fourth-order valence-corrected chi connectivity index (χ4v) is 2.98. The molecule has 5 heteroatoms. The van der Waals surface area contributed by atoms with E-state index in [2.05, 4.69) is 9.80 Å². The number of aliphatic hydroxyl groups excluding tert-OH is 2. The highest BCUT2D eigenvalue weighted by atomic mass is 16.5. The van der Waals surface area contributed by atoms with E-state index in [-0.39, 0.29) is 6.61 Å². The van der Waals surface area contributed by atoms with Crippen molar-refractivity contribution in [2.75, 3.05) is 51.3 Å². The van der Waals surface area contributed by atoms with E-state index in [1.54, 1.807) is 14.0 Å². The van der Waals surface area contributed by atoms with Gasteiger partial charge in [-0.1, -0.05) is 6.07 Å². The fourth-order valence-electron chi connectivity index (χ4n) is 2.98. The van der Waals surface area contributed by atoms with Gasteiger partial charge in [-0.15, -0.1) is 0 Å². The van der Waals surface area contributed by atoms with Crippen molar-refractivity contribution in [3.63, 3.8) is 0 Å². The van der Waals surface area contributed by atoms with Crippen molar-refractivity contribution >= 4 is 5.69 Å². The maximum atomic E-state index is 10.1. The lowest BCUT2D eigenvalue weighted by Gasteiger charge is -2.27. The Labute approximate surface area is 126 Å². The molecule has 0 unspecified atom stereocenters. The Hall–Kier alpha value is -1.30. The summed E-state index contributed by atoms with van der Waals surface area (Å²) in [5, 5.41) is 19.2. The molecule has 0 bridgehead atoms. The van der Waals surface area contributed by atoms with Crippen LogP contribution in [-0.4, -0.2) is 61.6 Å². The number of benzene rings is 1. The van der Waals surface area contributed by atoms with Gasteiger partial charge in [0.05, 0.1) is 19.8 Å². The van der Waals surface area contributed by atoms with Gasteiger partial charge in [-0.25, -0.2) is 0 Å². The second-order valence-corrected chi connectivity index (χ2v) is 5.47. The maximum Gasteiger partial charge on any atom is 0.126 e. The standard InChI is InChI=1S/C16H26N2O3/c1-13(20)16-14(5-3-6-15(16)21-2)18-8-4-7-17(9-10-18)11-12-19/h3,5-6,13,19-20H,4,7-12H2,1-2H3/t13-/m0/s1. The largest absolute Gasteiger partial charge is 0.496 e. The average molecular weight is 294 g/mol. The number of nitrogens with zero attached hydrogens (tertiary/aromatic N) is 2. The topological polar surface area (TPSA) is 56.2 Å². The molecule has 1 aliphatic rings. The molecule has 21 heavy (non-hydrogen) atoms. The first-order chi connectivity index (χ1) is 10.2. The zero-order chi connectivity index (χ0) is 15.2. The van der Waals surface area contributed by atoms with E-state index in [1.807, 2.05) is 18.2 Å². The van der Waals surface area contributed by atoms with Gasteiger partial charge in [-0.3, -0.25) is 4.90 Å². The second-order valence-electron chi connectivity index (χ2n) is 5.47. The van der Waals surface area contributed by atoms with Crippen molar-refractivity contribution in [3.05, 3.63) is 23.8 Å². The van der Waals surface area contributed by atoms with Crippen LogP contribution in [-0.2, 0) is 0 Å². The maximum absolute atomic E-state index is 10.1. The Morgan fingerprint density at radius 3 is 2.71 bits per heavy atom. The van der Waals surface area contributed by atoms with Gasteiger partial charge in [-0.2, -0.15) is 0 Å². The summed E-state index contributed by atoms with van der Waals surface area (Å²) in [7, 11) is 1.64. The minimum atomic E-state index is -0.562. The number of hydrogen-bond acceptors (Lipinski definition) is 5. The Morgan fingerprint density at radius 1 is 1.24 bits per heavy atom. The minimum absolute atomic E-state index is 0.206. The number of β-amino-alcohol motifs (C(OH)–C–C–N with tert-alkyl or cyclic N) is 1. The molecule has 0 aliphatic carbocycles. The molecule has 2 rings (SSSR count). The molecule has 0 aromatic heterocycles. The van der Waals surface area contributed by atoms with E-state index in [4.69, 9.17) is 9.84 Å². The summed E-state index contributed by atoms with van der Waals surface area (Å²) < 4.78 is 5.40. The summed E-state index contributed by atoms with van der Waals surface area (Å²) in [6.45, 7) is 6.49. The molecule has 1 heterocycles. The van der Waals surface area contributed by atoms with Crippen molar-refractivity contribution < 1.29 is 14.9 Å². The van der Waals surface area contributed by atoms with Gasteiger partial charge in [0.1, 0.15) is 5.75 Å². The van der Waals surface area contributed by atoms with E-state index in [0.29, 0.717) is 0 Å². The van der Waals surface area contributed by atoms with Crippen LogP contribution in [0.5, 0.6) is 5.75 Å². The van der Waals surface area contributed by atoms with Crippen LogP contribution in [0.25, 0.3) is 0 Å². The Morgan fingerprint density at radius 2 is 2.05 bits per heavy atom. The molecule has 1 aromatic carbocycles. The molecule has 1 aliphatic heterocycles. The second kappa shape index (κ2) is 7.64. The van der Waals surface area contributed by atoms with E-state index < -0.39 is 6.10 Å². The zero-order valence-electron chi connectivity index (χ0n) is 13.0. The third-order valence-electron chi connectivity index (χ3n) is 4.03. The first-order valence-corrected chi connectivity index (χ1v) is 7.60. The molecule has 1 atom stereocenters. The smallest absolute Gasteiger partial charge is 0.126 e. The average Bonchev–Trinajstić information content (AvgIpc) is 2.72. The quantitative estimate of drug-likeness (QED) is 0.856. The van der Waals surface area contributed by atoms with Gasteiger partial charge in [-0.05, 0) is 32.0 Å². The molecule has 0 saturated carbocycles. The van der Waals surface area contributed by atoms with Gasteiger partial charge in [0.25, 0.3) is 0 Å². The van der Waals surface area contributed by atoms with Gasteiger partial charge < -0.3 is 19.8 Å². The Kier molecular flexibility index (Phi) is 5.85. The number of ether oxygens (including phenoxy) is 1. The number of methoxy groups -OCH3 is 1. The lowest BCUT2D eigenvalue weighted by molar-refractivity contribution is 0.194. The Bertz CT molecular complexity index is 451. The summed E-state index contributed by atoms with van der Waals surface area (Å²) in [4.78, 5) is 4.59. The van der Waals surface area contributed by atoms with Crippen molar-refractivity contribution in [3.8, 4) is 5.75 Å². The fraction of sp³-hybridized carbons (Fsp3) is 0.625. The highest BCUT2D eigenvalue weighted by molar-refractivity contribution is 5.60. The molecule has 2 N–H and O–H groups in total. The Balaban J connectivity index is 2.21. The van der Waals surface area contributed by atoms with Crippen LogP contribution in [0.2, 0.25) is 0 Å². The molecule has 0 spiro atoms. The van der Waals surface area contributed by atoms with E-state index in [9.17, 15) is 5.11 Å². The molecule has 5 nitrogen and oxygen atoms in total. The van der Waals surface area contributed by atoms with E-state index in [0.717, 1.165) is 56.1 Å². The first kappa shape index (κ1) is 16.1. The predicted molar refractivity (Wildman–Crippen MR) is 84.0 cm³/mol. The van der Waals surface area contributed by atoms with Crippen LogP contribution in [0.15, 0.2) is 18.2 Å². The van der Waals surface area contributed by atoms with Gasteiger partial charge in [0, 0.05) is 37.4 Å². The van der Waals surface area contributed by atoms with Crippen LogP contribution < -0.4 is 9.64 Å². The SMILES string of the molecule is COc1cccc(N2CCCN(CCO)CC2)c1[C@H](C)O. The van der Waals surface area contributed by atoms with E-state index in [1.165, 1.54) is 0 Å². The van der Waals surface area contributed by atoms with Gasteiger partial charge in [0.2, 0.25) is 0 Å². The van der Waals surface area contributed by atoms with Crippen LogP contribution in [0.3, 0.4) is 0 Å². The number of aliphatic hydroxyl groups is 2. The third-order valence-corrected chi connectivity index (χ3v) is 4.03. The molecule has 0 amide bonds. The van der Waals surface area contributed by atoms with E-state index >= 15 is 0 Å². The monoisotopic (exact) mass is 294 g/mol. The summed E-state index contributed by atoms with van der Waals surface area (Å²) in [6, 6.07) is 5.91. The molecule has 0 radical (unpaired) electrons. The van der Waals surface area contributed by atoms with Crippen molar-refractivity contribution in [1.29, 1.82) is 0 Å². The summed E-state index contributed by atoms with van der Waals surface area (Å²) in [6.07, 6.45) is 0.490. The van der Waals surface area contributed by atoms with Crippen molar-refractivity contribution in [2.24, 2.45) is 0 Å². The van der Waals surface area contributed by atoms with Crippen LogP contribution >= 0.6 is 0 Å².